The fourth-order valence-corrected chi connectivity index (χ4v) is 2.51. The van der Waals surface area contributed by atoms with Crippen molar-refractivity contribution in [3.63, 3.8) is 0 Å². The zero-order chi connectivity index (χ0) is 9.52. The van der Waals surface area contributed by atoms with Crippen LogP contribution in [0.4, 0.5) is 0 Å². The van der Waals surface area contributed by atoms with Crippen LogP contribution < -0.4 is 11.1 Å². The van der Waals surface area contributed by atoms with Crippen molar-refractivity contribution in [2.24, 2.45) is 5.73 Å². The number of carbonyl (C=O) groups excluding carboxylic acids is 1. The van der Waals surface area contributed by atoms with E-state index >= 15 is 0 Å². The van der Waals surface area contributed by atoms with Gasteiger partial charge in [0.05, 0.1) is 0 Å². The highest BCUT2D eigenvalue weighted by Crippen LogP contribution is 2.16. The number of rotatable bonds is 4. The molecule has 1 amide bonds. The lowest BCUT2D eigenvalue weighted by Crippen LogP contribution is -2.37. The lowest BCUT2D eigenvalue weighted by molar-refractivity contribution is -0.121. The summed E-state index contributed by atoms with van der Waals surface area (Å²) in [6.07, 6.45) is 3.63. The van der Waals surface area contributed by atoms with Gasteiger partial charge in [-0.15, -0.1) is 0 Å². The summed E-state index contributed by atoms with van der Waals surface area (Å²) in [5, 5.41) is 3.05. The Labute approximate surface area is 83.8 Å². The summed E-state index contributed by atoms with van der Waals surface area (Å²) in [6, 6.07) is 0.423. The lowest BCUT2D eigenvalue weighted by Gasteiger charge is -2.22. The van der Waals surface area contributed by atoms with Crippen molar-refractivity contribution in [2.75, 3.05) is 18.1 Å². The van der Waals surface area contributed by atoms with Crippen LogP contribution in [0, 0.1) is 0 Å². The molecule has 1 heterocycles. The first-order valence-electron chi connectivity index (χ1n) is 4.90. The zero-order valence-corrected chi connectivity index (χ0v) is 8.74. The Morgan fingerprint density at radius 3 is 2.77 bits per heavy atom. The molecule has 0 bridgehead atoms. The van der Waals surface area contributed by atoms with Gasteiger partial charge in [-0.2, -0.15) is 11.8 Å². The van der Waals surface area contributed by atoms with Crippen LogP contribution in [-0.2, 0) is 4.79 Å². The Morgan fingerprint density at radius 2 is 2.15 bits per heavy atom. The van der Waals surface area contributed by atoms with Crippen LogP contribution in [0.25, 0.3) is 0 Å². The van der Waals surface area contributed by atoms with Crippen LogP contribution in [0.1, 0.15) is 25.7 Å². The molecular weight excluding hydrogens is 184 g/mol. The first-order chi connectivity index (χ1) is 6.33. The van der Waals surface area contributed by atoms with E-state index in [0.29, 0.717) is 19.0 Å². The fraction of sp³-hybridized carbons (Fsp3) is 0.889. The second kappa shape index (κ2) is 6.27. The van der Waals surface area contributed by atoms with Gasteiger partial charge < -0.3 is 11.1 Å². The van der Waals surface area contributed by atoms with E-state index in [9.17, 15) is 4.79 Å². The van der Waals surface area contributed by atoms with Gasteiger partial charge in [-0.1, -0.05) is 0 Å². The average Bonchev–Trinajstić information content (AvgIpc) is 2.16. The highest BCUT2D eigenvalue weighted by Gasteiger charge is 2.15. The molecule has 13 heavy (non-hydrogen) atoms. The minimum absolute atomic E-state index is 0.169. The summed E-state index contributed by atoms with van der Waals surface area (Å²) in [7, 11) is 0. The number of carbonyl (C=O) groups is 1. The summed E-state index contributed by atoms with van der Waals surface area (Å²) in [6.45, 7) is 0.605. The molecule has 0 unspecified atom stereocenters. The molecule has 0 aromatic carbocycles. The van der Waals surface area contributed by atoms with Crippen LogP contribution >= 0.6 is 11.8 Å². The lowest BCUT2D eigenvalue weighted by atomic mass is 10.1. The Hall–Kier alpha value is -0.220. The maximum absolute atomic E-state index is 11.3. The van der Waals surface area contributed by atoms with E-state index in [1.54, 1.807) is 0 Å². The first-order valence-corrected chi connectivity index (χ1v) is 6.05. The van der Waals surface area contributed by atoms with Crippen LogP contribution in [-0.4, -0.2) is 30.0 Å². The van der Waals surface area contributed by atoms with Crippen LogP contribution in [0.15, 0.2) is 0 Å². The number of hydrogen-bond acceptors (Lipinski definition) is 3. The van der Waals surface area contributed by atoms with E-state index < -0.39 is 0 Å². The van der Waals surface area contributed by atoms with Crippen molar-refractivity contribution >= 4 is 17.7 Å². The smallest absolute Gasteiger partial charge is 0.220 e. The molecule has 1 aliphatic rings. The van der Waals surface area contributed by atoms with Gasteiger partial charge in [-0.25, -0.2) is 0 Å². The third-order valence-electron chi connectivity index (χ3n) is 2.19. The van der Waals surface area contributed by atoms with E-state index in [2.05, 4.69) is 5.32 Å². The molecule has 4 heteroatoms. The highest BCUT2D eigenvalue weighted by atomic mass is 32.2. The number of amides is 1. The van der Waals surface area contributed by atoms with E-state index in [1.165, 1.54) is 11.5 Å². The van der Waals surface area contributed by atoms with Gasteiger partial charge in [0.2, 0.25) is 5.91 Å². The molecule has 0 atom stereocenters. The molecule has 0 radical (unpaired) electrons. The molecule has 3 nitrogen and oxygen atoms in total. The fourth-order valence-electron chi connectivity index (χ4n) is 1.40. The summed E-state index contributed by atoms with van der Waals surface area (Å²) >= 11 is 1.97. The molecule has 1 aliphatic heterocycles. The van der Waals surface area contributed by atoms with Crippen molar-refractivity contribution in [1.29, 1.82) is 0 Å². The molecule has 0 aliphatic carbocycles. The SMILES string of the molecule is NCCCC(=O)NC1CCSCC1. The Bertz CT molecular complexity index is 158. The van der Waals surface area contributed by atoms with Crippen molar-refractivity contribution in [1.82, 2.24) is 5.32 Å². The van der Waals surface area contributed by atoms with Crippen molar-refractivity contribution in [3.8, 4) is 0 Å². The Balaban J connectivity index is 2.11. The maximum atomic E-state index is 11.3. The molecule has 3 N–H and O–H groups in total. The second-order valence-corrected chi connectivity index (χ2v) is 4.57. The van der Waals surface area contributed by atoms with E-state index in [-0.39, 0.29) is 5.91 Å². The normalized spacial score (nSPS) is 18.5. The summed E-state index contributed by atoms with van der Waals surface area (Å²) < 4.78 is 0. The predicted octanol–water partition coefficient (Wildman–Crippen LogP) is 0.737. The quantitative estimate of drug-likeness (QED) is 0.707. The van der Waals surface area contributed by atoms with Crippen molar-refractivity contribution < 1.29 is 4.79 Å². The van der Waals surface area contributed by atoms with E-state index in [1.807, 2.05) is 11.8 Å². The molecule has 0 aromatic heterocycles. The monoisotopic (exact) mass is 202 g/mol. The molecule has 0 spiro atoms. The minimum Gasteiger partial charge on any atom is -0.353 e. The molecular formula is C9H18N2OS. The number of nitrogens with two attached hydrogens (primary N) is 1. The van der Waals surface area contributed by atoms with Gasteiger partial charge in [-0.05, 0) is 37.3 Å². The molecule has 76 valence electrons. The summed E-state index contributed by atoms with van der Waals surface area (Å²) in [5.74, 6) is 2.53. The van der Waals surface area contributed by atoms with E-state index in [0.717, 1.165) is 19.3 Å². The Kier molecular flexibility index (Phi) is 5.23. The Morgan fingerprint density at radius 1 is 1.46 bits per heavy atom. The molecule has 1 saturated heterocycles. The van der Waals surface area contributed by atoms with Crippen LogP contribution in [0.3, 0.4) is 0 Å². The number of hydrogen-bond donors (Lipinski definition) is 2. The molecule has 0 aromatic rings. The van der Waals surface area contributed by atoms with Gasteiger partial charge in [0.1, 0.15) is 0 Å². The maximum Gasteiger partial charge on any atom is 0.220 e. The van der Waals surface area contributed by atoms with Gasteiger partial charge in [0.15, 0.2) is 0 Å². The van der Waals surface area contributed by atoms with Gasteiger partial charge in [-0.3, -0.25) is 4.79 Å². The van der Waals surface area contributed by atoms with Crippen LogP contribution in [0.2, 0.25) is 0 Å². The summed E-state index contributed by atoms with van der Waals surface area (Å²) in [5.41, 5.74) is 5.33. The topological polar surface area (TPSA) is 55.1 Å². The zero-order valence-electron chi connectivity index (χ0n) is 7.92. The number of thioether (sulfide) groups is 1. The van der Waals surface area contributed by atoms with Gasteiger partial charge >= 0.3 is 0 Å². The molecule has 1 fully saturated rings. The van der Waals surface area contributed by atoms with Gasteiger partial charge in [0.25, 0.3) is 0 Å². The van der Waals surface area contributed by atoms with Crippen LogP contribution in [0.5, 0.6) is 0 Å². The van der Waals surface area contributed by atoms with E-state index in [4.69, 9.17) is 5.73 Å². The number of nitrogens with one attached hydrogen (secondary N) is 1. The molecule has 0 saturated carbocycles. The third kappa shape index (κ3) is 4.52. The predicted molar refractivity (Wildman–Crippen MR) is 56.8 cm³/mol. The third-order valence-corrected chi connectivity index (χ3v) is 3.24. The van der Waals surface area contributed by atoms with Gasteiger partial charge in [0, 0.05) is 12.5 Å². The second-order valence-electron chi connectivity index (χ2n) is 3.35. The van der Waals surface area contributed by atoms with Crippen molar-refractivity contribution in [3.05, 3.63) is 0 Å². The highest BCUT2D eigenvalue weighted by molar-refractivity contribution is 7.99. The average molecular weight is 202 g/mol. The minimum atomic E-state index is 0.169. The first kappa shape index (κ1) is 10.9. The largest absolute Gasteiger partial charge is 0.353 e. The van der Waals surface area contributed by atoms with Crippen molar-refractivity contribution in [2.45, 2.75) is 31.7 Å². The summed E-state index contributed by atoms with van der Waals surface area (Å²) in [4.78, 5) is 11.3. The molecule has 1 rings (SSSR count). The standard InChI is InChI=1S/C9H18N2OS/c10-5-1-2-9(12)11-8-3-6-13-7-4-8/h8H,1-7,10H2,(H,11,12).